The van der Waals surface area contributed by atoms with Crippen LogP contribution in [-0.4, -0.2) is 62.8 Å². The van der Waals surface area contributed by atoms with Crippen molar-refractivity contribution in [3.8, 4) is 0 Å². The minimum absolute atomic E-state index is 0.0338. The second-order valence-corrected chi connectivity index (χ2v) is 8.93. The summed E-state index contributed by atoms with van der Waals surface area (Å²) in [5.41, 5.74) is 2.38. The summed E-state index contributed by atoms with van der Waals surface area (Å²) < 4.78 is 5.04. The number of nitro groups is 1. The van der Waals surface area contributed by atoms with Crippen LogP contribution in [0.1, 0.15) is 46.3 Å². The molecule has 0 radical (unpaired) electrons. The Labute approximate surface area is 189 Å². The fourth-order valence-corrected chi connectivity index (χ4v) is 4.92. The molecule has 0 aromatic carbocycles. The van der Waals surface area contributed by atoms with Gasteiger partial charge in [0.2, 0.25) is 5.91 Å². The van der Waals surface area contributed by atoms with Gasteiger partial charge in [0.05, 0.1) is 23.2 Å². The molecular formula is C22H24N4O5S. The Bertz CT molecular complexity index is 1050. The summed E-state index contributed by atoms with van der Waals surface area (Å²) in [6.07, 6.45) is 4.25. The maximum Gasteiger partial charge on any atom is 0.433 e. The smallest absolute Gasteiger partial charge is 0.401 e. The molecule has 0 aliphatic carbocycles. The molecule has 2 aliphatic rings. The molecule has 0 atom stereocenters. The highest BCUT2D eigenvalue weighted by atomic mass is 32.2. The summed E-state index contributed by atoms with van der Waals surface area (Å²) in [6.45, 7) is 3.78. The van der Waals surface area contributed by atoms with Gasteiger partial charge in [-0.3, -0.25) is 24.7 Å². The van der Waals surface area contributed by atoms with E-state index >= 15 is 0 Å². The van der Waals surface area contributed by atoms with E-state index in [1.807, 2.05) is 24.0 Å². The quantitative estimate of drug-likeness (QED) is 0.385. The Hall–Kier alpha value is -3.14. The summed E-state index contributed by atoms with van der Waals surface area (Å²) in [4.78, 5) is 43.9. The minimum atomic E-state index is -0.620. The van der Waals surface area contributed by atoms with E-state index in [4.69, 9.17) is 9.40 Å². The van der Waals surface area contributed by atoms with Gasteiger partial charge in [0, 0.05) is 43.1 Å². The highest BCUT2D eigenvalue weighted by molar-refractivity contribution is 7.99. The summed E-state index contributed by atoms with van der Waals surface area (Å²) >= 11 is 1.75. The van der Waals surface area contributed by atoms with E-state index in [2.05, 4.69) is 0 Å². The summed E-state index contributed by atoms with van der Waals surface area (Å²) in [6, 6.07) is 6.47. The molecule has 2 saturated heterocycles. The molecule has 0 bridgehead atoms. The van der Waals surface area contributed by atoms with Crippen LogP contribution >= 0.6 is 11.8 Å². The average Bonchev–Trinajstić information content (AvgIpc) is 3.49. The summed E-state index contributed by atoms with van der Waals surface area (Å²) in [5, 5.41) is 10.7. The molecule has 4 rings (SSSR count). The summed E-state index contributed by atoms with van der Waals surface area (Å²) in [5.74, 6) is 1.54. The fourth-order valence-electron chi connectivity index (χ4n) is 3.98. The first-order valence-corrected chi connectivity index (χ1v) is 11.6. The molecule has 0 saturated carbocycles. The molecule has 2 aromatic rings. The first kappa shape index (κ1) is 22.1. The van der Waals surface area contributed by atoms with E-state index in [1.165, 1.54) is 24.3 Å². The molecule has 10 heteroatoms. The van der Waals surface area contributed by atoms with Crippen molar-refractivity contribution >= 4 is 35.5 Å². The third-order valence-electron chi connectivity index (χ3n) is 5.71. The lowest BCUT2D eigenvalue weighted by atomic mass is 9.89. The second-order valence-electron chi connectivity index (χ2n) is 7.86. The first-order valence-electron chi connectivity index (χ1n) is 10.5. The van der Waals surface area contributed by atoms with Gasteiger partial charge in [0.1, 0.15) is 10.7 Å². The molecule has 2 aliphatic heterocycles. The molecular weight excluding hydrogens is 432 g/mol. The Morgan fingerprint density at radius 3 is 2.62 bits per heavy atom. The molecule has 168 valence electrons. The van der Waals surface area contributed by atoms with Gasteiger partial charge in [-0.1, -0.05) is 0 Å². The number of nitrogens with zero attached hydrogens (tertiary/aromatic N) is 4. The van der Waals surface area contributed by atoms with Gasteiger partial charge in [-0.05, 0) is 44.0 Å². The Balaban J connectivity index is 1.40. The van der Waals surface area contributed by atoms with Crippen LogP contribution in [0, 0.1) is 17.0 Å². The van der Waals surface area contributed by atoms with Gasteiger partial charge in [-0.2, -0.15) is 0 Å². The van der Waals surface area contributed by atoms with Crippen molar-refractivity contribution in [2.45, 2.75) is 25.7 Å². The highest BCUT2D eigenvalue weighted by Gasteiger charge is 2.29. The Kier molecular flexibility index (Phi) is 6.59. The van der Waals surface area contributed by atoms with Gasteiger partial charge < -0.3 is 14.2 Å². The SMILES string of the molecule is Cc1ccc(C(=O)N2CCSC2)c(C2CCN(C(=O)/C=C/c3ccc([N+](=O)[O-])o3)CC2)n1. The molecule has 0 N–H and O–H groups in total. The molecule has 0 unspecified atom stereocenters. The molecule has 9 nitrogen and oxygen atoms in total. The molecule has 4 heterocycles. The van der Waals surface area contributed by atoms with Crippen molar-refractivity contribution in [1.82, 2.24) is 14.8 Å². The van der Waals surface area contributed by atoms with Gasteiger partial charge in [-0.25, -0.2) is 0 Å². The van der Waals surface area contributed by atoms with Crippen LogP contribution in [0.4, 0.5) is 5.88 Å². The van der Waals surface area contributed by atoms with Crippen LogP contribution in [0.3, 0.4) is 0 Å². The number of amides is 2. The number of furan rings is 1. The van der Waals surface area contributed by atoms with Crippen LogP contribution in [0.15, 0.2) is 34.8 Å². The van der Waals surface area contributed by atoms with Crippen LogP contribution in [0.5, 0.6) is 0 Å². The lowest BCUT2D eigenvalue weighted by molar-refractivity contribution is -0.402. The highest BCUT2D eigenvalue weighted by Crippen LogP contribution is 2.31. The monoisotopic (exact) mass is 456 g/mol. The number of pyridine rings is 1. The van der Waals surface area contributed by atoms with Gasteiger partial charge in [0.15, 0.2) is 0 Å². The molecule has 32 heavy (non-hydrogen) atoms. The maximum atomic E-state index is 13.0. The van der Waals surface area contributed by atoms with E-state index in [1.54, 1.807) is 16.7 Å². The zero-order chi connectivity index (χ0) is 22.7. The summed E-state index contributed by atoms with van der Waals surface area (Å²) in [7, 11) is 0. The van der Waals surface area contributed by atoms with Gasteiger partial charge in [0.25, 0.3) is 5.91 Å². The molecule has 2 aromatic heterocycles. The Morgan fingerprint density at radius 2 is 1.97 bits per heavy atom. The van der Waals surface area contributed by atoms with Crippen LogP contribution in [0.25, 0.3) is 6.08 Å². The van der Waals surface area contributed by atoms with Crippen molar-refractivity contribution < 1.29 is 18.9 Å². The number of carbonyl (C=O) groups excluding carboxylic acids is 2. The lowest BCUT2D eigenvalue weighted by Crippen LogP contribution is -2.37. The number of hydrogen-bond donors (Lipinski definition) is 0. The number of rotatable bonds is 5. The van der Waals surface area contributed by atoms with Crippen LogP contribution in [0.2, 0.25) is 0 Å². The van der Waals surface area contributed by atoms with E-state index in [9.17, 15) is 19.7 Å². The number of piperidine rings is 1. The first-order chi connectivity index (χ1) is 15.4. The van der Waals surface area contributed by atoms with E-state index in [0.717, 1.165) is 36.5 Å². The predicted octanol–water partition coefficient (Wildman–Crippen LogP) is 3.46. The lowest BCUT2D eigenvalue weighted by Gasteiger charge is -2.32. The van der Waals surface area contributed by atoms with Crippen molar-refractivity contribution in [1.29, 1.82) is 0 Å². The fraction of sp³-hybridized carbons (Fsp3) is 0.409. The van der Waals surface area contributed by atoms with Crippen molar-refractivity contribution in [2.24, 2.45) is 0 Å². The third-order valence-corrected chi connectivity index (χ3v) is 6.68. The van der Waals surface area contributed by atoms with Crippen molar-refractivity contribution in [3.63, 3.8) is 0 Å². The standard InChI is InChI=1S/C22H24N4O5S/c1-15-2-5-18(22(28)25-12-13-32-14-25)21(23-15)16-8-10-24(11-9-16)19(27)6-3-17-4-7-20(31-17)26(29)30/h2-7,16H,8-14H2,1H3/b6-3+. The topological polar surface area (TPSA) is 110 Å². The number of aryl methyl sites for hydroxylation is 1. The second kappa shape index (κ2) is 9.56. The average molecular weight is 457 g/mol. The minimum Gasteiger partial charge on any atom is -0.401 e. The number of carbonyl (C=O) groups is 2. The predicted molar refractivity (Wildman–Crippen MR) is 120 cm³/mol. The number of aromatic nitrogens is 1. The van der Waals surface area contributed by atoms with E-state index < -0.39 is 4.92 Å². The van der Waals surface area contributed by atoms with Gasteiger partial charge in [-0.15, -0.1) is 11.8 Å². The number of hydrogen-bond acceptors (Lipinski definition) is 7. The number of thioether (sulfide) groups is 1. The molecule has 2 amide bonds. The zero-order valence-electron chi connectivity index (χ0n) is 17.7. The zero-order valence-corrected chi connectivity index (χ0v) is 18.5. The van der Waals surface area contributed by atoms with E-state index in [-0.39, 0.29) is 29.4 Å². The maximum absolute atomic E-state index is 13.0. The van der Waals surface area contributed by atoms with Crippen molar-refractivity contribution in [3.05, 3.63) is 63.2 Å². The largest absolute Gasteiger partial charge is 0.433 e. The normalized spacial score (nSPS) is 17.3. The third kappa shape index (κ3) is 4.85. The van der Waals surface area contributed by atoms with Crippen LogP contribution < -0.4 is 0 Å². The Morgan fingerprint density at radius 1 is 1.19 bits per heavy atom. The van der Waals surface area contributed by atoms with Gasteiger partial charge >= 0.3 is 5.88 Å². The van der Waals surface area contributed by atoms with Crippen molar-refractivity contribution in [2.75, 3.05) is 31.3 Å². The molecule has 0 spiro atoms. The van der Waals surface area contributed by atoms with Crippen LogP contribution in [-0.2, 0) is 4.79 Å². The molecule has 2 fully saturated rings. The number of likely N-dealkylation sites (tertiary alicyclic amines) is 1. The van der Waals surface area contributed by atoms with E-state index in [0.29, 0.717) is 24.5 Å².